The maximum atomic E-state index is 3.54. The van der Waals surface area contributed by atoms with Crippen LogP contribution in [0.2, 0.25) is 0 Å². The molecule has 0 spiro atoms. The van der Waals surface area contributed by atoms with Gasteiger partial charge in [-0.05, 0) is 13.5 Å². The summed E-state index contributed by atoms with van der Waals surface area (Å²) in [5.74, 6) is 0. The molecule has 0 aromatic heterocycles. The number of aryl methyl sites for hydroxylation is 1. The monoisotopic (exact) mass is 197 g/mol. The summed E-state index contributed by atoms with van der Waals surface area (Å²) in [7, 11) is 0. The van der Waals surface area contributed by atoms with Crippen molar-refractivity contribution >= 4 is 0 Å². The average molecular weight is 197 g/mol. The summed E-state index contributed by atoms with van der Waals surface area (Å²) in [5.41, 5.74) is 1.32. The molecule has 0 amide bonds. The zero-order valence-electron chi connectivity index (χ0n) is 10.2. The third kappa shape index (κ3) is 13.4. The Morgan fingerprint density at radius 1 is 1.27 bits per heavy atom. The number of hydrogen-bond acceptors (Lipinski definition) is 1. The fourth-order valence-electron chi connectivity index (χ4n) is 0.845. The third-order valence-corrected chi connectivity index (χ3v) is 1.62. The molecule has 1 N–H and O–H groups in total. The minimum absolute atomic E-state index is 0. The minimum Gasteiger partial charge on any atom is -0.330 e. The fourth-order valence-corrected chi connectivity index (χ4v) is 0.845. The van der Waals surface area contributed by atoms with Gasteiger partial charge in [0.1, 0.15) is 0 Å². The normalized spacial score (nSPS) is 8.93. The largest absolute Gasteiger partial charge is 1.00 e. The van der Waals surface area contributed by atoms with E-state index in [0.717, 1.165) is 13.1 Å². The molecule has 0 aliphatic rings. The maximum absolute atomic E-state index is 3.54. The summed E-state index contributed by atoms with van der Waals surface area (Å²) in [5, 5.41) is 3.12. The SMILES string of the molecule is Cc1ccccc1.[CH2-]C=CCNCC.[Li+]. The molecule has 15 heavy (non-hydrogen) atoms. The van der Waals surface area contributed by atoms with Gasteiger partial charge in [0.25, 0.3) is 0 Å². The minimum atomic E-state index is 0. The Kier molecular flexibility index (Phi) is 15.0. The maximum Gasteiger partial charge on any atom is 1.00 e. The van der Waals surface area contributed by atoms with Crippen molar-refractivity contribution in [3.63, 3.8) is 0 Å². The van der Waals surface area contributed by atoms with Crippen LogP contribution in [-0.4, -0.2) is 13.1 Å². The van der Waals surface area contributed by atoms with Crippen molar-refractivity contribution < 1.29 is 18.9 Å². The molecule has 1 aromatic rings. The number of likely N-dealkylation sites (N-methyl/N-ethyl adjacent to an activating group) is 1. The van der Waals surface area contributed by atoms with Crippen molar-refractivity contribution in [2.75, 3.05) is 13.1 Å². The Labute approximate surface area is 106 Å². The first kappa shape index (κ1) is 16.8. The molecular weight excluding hydrogens is 177 g/mol. The van der Waals surface area contributed by atoms with E-state index in [1.807, 2.05) is 24.3 Å². The van der Waals surface area contributed by atoms with Crippen LogP contribution in [0, 0.1) is 13.8 Å². The van der Waals surface area contributed by atoms with E-state index in [9.17, 15) is 0 Å². The standard InChI is InChI=1S/C7H8.C6H12N.Li/c1-7-5-3-2-4-6-7;1-3-5-6-7-4-2;/h2-6H,1H3;3,5,7H,1,4,6H2,2H3;/q;-1;+1. The van der Waals surface area contributed by atoms with E-state index in [2.05, 4.69) is 38.2 Å². The quantitative estimate of drug-likeness (QED) is 0.408. The molecule has 0 radical (unpaired) electrons. The number of nitrogens with one attached hydrogen (secondary N) is 1. The Morgan fingerprint density at radius 2 is 1.87 bits per heavy atom. The van der Waals surface area contributed by atoms with Crippen LogP contribution in [0.25, 0.3) is 0 Å². The van der Waals surface area contributed by atoms with E-state index >= 15 is 0 Å². The van der Waals surface area contributed by atoms with Crippen LogP contribution in [0.1, 0.15) is 12.5 Å². The van der Waals surface area contributed by atoms with Gasteiger partial charge in [-0.2, -0.15) is 0 Å². The molecule has 1 aromatic carbocycles. The van der Waals surface area contributed by atoms with Gasteiger partial charge < -0.3 is 5.32 Å². The molecule has 0 saturated carbocycles. The number of rotatable bonds is 3. The van der Waals surface area contributed by atoms with Crippen molar-refractivity contribution in [1.29, 1.82) is 0 Å². The second kappa shape index (κ2) is 13.4. The van der Waals surface area contributed by atoms with Gasteiger partial charge >= 0.3 is 18.9 Å². The molecule has 0 aliphatic heterocycles. The molecule has 0 heterocycles. The molecule has 0 atom stereocenters. The van der Waals surface area contributed by atoms with Gasteiger partial charge in [-0.1, -0.05) is 49.4 Å². The van der Waals surface area contributed by atoms with Gasteiger partial charge in [-0.25, -0.2) is 19.1 Å². The Hall–Kier alpha value is -0.613. The van der Waals surface area contributed by atoms with Gasteiger partial charge in [0.2, 0.25) is 0 Å². The van der Waals surface area contributed by atoms with E-state index in [4.69, 9.17) is 0 Å². The molecular formula is C13H20LiN. The topological polar surface area (TPSA) is 12.0 Å². The molecule has 0 unspecified atom stereocenters. The molecule has 1 rings (SSSR count). The summed E-state index contributed by atoms with van der Waals surface area (Å²) < 4.78 is 0. The number of benzene rings is 1. The first-order valence-corrected chi connectivity index (χ1v) is 4.97. The van der Waals surface area contributed by atoms with Crippen LogP contribution in [-0.2, 0) is 0 Å². The smallest absolute Gasteiger partial charge is 0.330 e. The molecule has 1 nitrogen and oxygen atoms in total. The van der Waals surface area contributed by atoms with E-state index in [1.54, 1.807) is 6.08 Å². The Balaban J connectivity index is 0. The van der Waals surface area contributed by atoms with Crippen LogP contribution in [0.15, 0.2) is 42.5 Å². The van der Waals surface area contributed by atoms with Crippen LogP contribution < -0.4 is 24.2 Å². The van der Waals surface area contributed by atoms with Gasteiger partial charge in [0.05, 0.1) is 0 Å². The van der Waals surface area contributed by atoms with Gasteiger partial charge in [0.15, 0.2) is 0 Å². The van der Waals surface area contributed by atoms with E-state index in [-0.39, 0.29) is 18.9 Å². The predicted molar refractivity (Wildman–Crippen MR) is 64.2 cm³/mol. The third-order valence-electron chi connectivity index (χ3n) is 1.62. The average Bonchev–Trinajstić information content (AvgIpc) is 2.21. The zero-order chi connectivity index (χ0) is 10.6. The van der Waals surface area contributed by atoms with Crippen LogP contribution >= 0.6 is 0 Å². The first-order valence-electron chi connectivity index (χ1n) is 4.97. The van der Waals surface area contributed by atoms with Gasteiger partial charge in [-0.3, -0.25) is 0 Å². The molecule has 0 fully saturated rings. The fraction of sp³-hybridized carbons (Fsp3) is 0.308. The van der Waals surface area contributed by atoms with Crippen molar-refractivity contribution in [3.05, 3.63) is 55.0 Å². The van der Waals surface area contributed by atoms with E-state index in [1.165, 1.54) is 5.56 Å². The van der Waals surface area contributed by atoms with Crippen LogP contribution in [0.4, 0.5) is 0 Å². The molecule has 0 aliphatic carbocycles. The summed E-state index contributed by atoms with van der Waals surface area (Å²) in [6, 6.07) is 10.3. The van der Waals surface area contributed by atoms with E-state index < -0.39 is 0 Å². The second-order valence-corrected chi connectivity index (χ2v) is 2.93. The molecule has 0 bridgehead atoms. The van der Waals surface area contributed by atoms with Crippen molar-refractivity contribution in [3.8, 4) is 0 Å². The van der Waals surface area contributed by atoms with Gasteiger partial charge in [0, 0.05) is 0 Å². The van der Waals surface area contributed by atoms with Crippen molar-refractivity contribution in [2.24, 2.45) is 0 Å². The van der Waals surface area contributed by atoms with E-state index in [0.29, 0.717) is 0 Å². The number of hydrogen-bond donors (Lipinski definition) is 1. The summed E-state index contributed by atoms with van der Waals surface area (Å²) in [6.07, 6.45) is 3.78. The predicted octanol–water partition coefficient (Wildman–Crippen LogP) is -0.0148. The molecule has 78 valence electrons. The molecule has 0 saturated heterocycles. The summed E-state index contributed by atoms with van der Waals surface area (Å²) >= 11 is 0. The van der Waals surface area contributed by atoms with Crippen LogP contribution in [0.3, 0.4) is 0 Å². The first-order chi connectivity index (χ1) is 6.81. The Bertz CT molecular complexity index is 232. The summed E-state index contributed by atoms with van der Waals surface area (Å²) in [6.45, 7) is 9.68. The van der Waals surface area contributed by atoms with Crippen molar-refractivity contribution in [1.82, 2.24) is 5.32 Å². The zero-order valence-corrected chi connectivity index (χ0v) is 10.2. The summed E-state index contributed by atoms with van der Waals surface area (Å²) in [4.78, 5) is 0. The van der Waals surface area contributed by atoms with Crippen LogP contribution in [0.5, 0.6) is 0 Å². The Morgan fingerprint density at radius 3 is 2.20 bits per heavy atom. The molecule has 2 heteroatoms. The van der Waals surface area contributed by atoms with Gasteiger partial charge in [-0.15, -0.1) is 0 Å². The number of allylic oxidation sites excluding steroid dienone is 1. The van der Waals surface area contributed by atoms with Crippen molar-refractivity contribution in [2.45, 2.75) is 13.8 Å². The second-order valence-electron chi connectivity index (χ2n) is 2.93.